The van der Waals surface area contributed by atoms with Gasteiger partial charge in [-0.05, 0) is 36.4 Å². The number of amides is 1. The summed E-state index contributed by atoms with van der Waals surface area (Å²) in [6.45, 7) is -0.0646. The van der Waals surface area contributed by atoms with Crippen LogP contribution in [0.15, 0.2) is 36.4 Å². The number of nitriles is 1. The van der Waals surface area contributed by atoms with Crippen LogP contribution in [0, 0.1) is 17.1 Å². The van der Waals surface area contributed by atoms with Crippen LogP contribution in [0.25, 0.3) is 0 Å². The number of rotatable bonds is 4. The number of anilines is 1. The van der Waals surface area contributed by atoms with Gasteiger partial charge in [0.1, 0.15) is 18.2 Å². The molecule has 4 N–H and O–H groups in total. The normalized spacial score (nSPS) is 9.90. The highest BCUT2D eigenvalue weighted by Crippen LogP contribution is 2.23. The third kappa shape index (κ3) is 3.28. The van der Waals surface area contributed by atoms with E-state index >= 15 is 0 Å². The lowest BCUT2D eigenvalue weighted by atomic mass is 10.1. The fourth-order valence-corrected chi connectivity index (χ4v) is 1.81. The molecule has 0 heterocycles. The first kappa shape index (κ1) is 14.3. The van der Waals surface area contributed by atoms with E-state index in [-0.39, 0.29) is 17.9 Å². The Kier molecular flexibility index (Phi) is 4.05. The van der Waals surface area contributed by atoms with Gasteiger partial charge in [0.2, 0.25) is 0 Å². The second-order valence-electron chi connectivity index (χ2n) is 4.32. The van der Waals surface area contributed by atoms with Gasteiger partial charge in [-0.25, -0.2) is 4.39 Å². The highest BCUT2D eigenvalue weighted by molar-refractivity contribution is 5.96. The van der Waals surface area contributed by atoms with Crippen molar-refractivity contribution >= 4 is 11.6 Å². The number of ether oxygens (including phenoxy) is 1. The molecule has 0 atom stereocenters. The van der Waals surface area contributed by atoms with Crippen LogP contribution in [0.5, 0.6) is 5.75 Å². The highest BCUT2D eigenvalue weighted by atomic mass is 19.1. The number of nitrogen functional groups attached to an aromatic ring is 1. The van der Waals surface area contributed by atoms with Crippen molar-refractivity contribution in [2.75, 3.05) is 5.73 Å². The van der Waals surface area contributed by atoms with E-state index in [1.165, 1.54) is 30.3 Å². The summed E-state index contributed by atoms with van der Waals surface area (Å²) in [5.41, 5.74) is 12.0. The van der Waals surface area contributed by atoms with E-state index in [9.17, 15) is 9.18 Å². The van der Waals surface area contributed by atoms with Crippen molar-refractivity contribution in [1.29, 1.82) is 5.26 Å². The predicted octanol–water partition coefficient (Wildman–Crippen LogP) is 1.96. The molecule has 0 radical (unpaired) electrons. The lowest BCUT2D eigenvalue weighted by Gasteiger charge is -2.11. The second-order valence-corrected chi connectivity index (χ2v) is 4.32. The third-order valence-electron chi connectivity index (χ3n) is 2.84. The largest absolute Gasteiger partial charge is 0.488 e. The van der Waals surface area contributed by atoms with Crippen LogP contribution in [-0.2, 0) is 6.61 Å². The second kappa shape index (κ2) is 5.92. The molecule has 0 aliphatic carbocycles. The van der Waals surface area contributed by atoms with Gasteiger partial charge < -0.3 is 16.2 Å². The molecule has 0 aromatic heterocycles. The van der Waals surface area contributed by atoms with Gasteiger partial charge in [-0.1, -0.05) is 0 Å². The van der Waals surface area contributed by atoms with Crippen molar-refractivity contribution in [3.8, 4) is 11.8 Å². The van der Waals surface area contributed by atoms with Crippen LogP contribution in [-0.4, -0.2) is 5.91 Å². The quantitative estimate of drug-likeness (QED) is 0.838. The minimum atomic E-state index is -0.683. The number of nitrogens with zero attached hydrogens (tertiary/aromatic N) is 1. The Morgan fingerprint density at radius 2 is 2.05 bits per heavy atom. The molecule has 2 rings (SSSR count). The van der Waals surface area contributed by atoms with Crippen LogP contribution < -0.4 is 16.2 Å². The SMILES string of the molecule is N#Cc1ccc(F)cc1COc1ccc(N)cc1C(N)=O. The van der Waals surface area contributed by atoms with E-state index in [1.54, 1.807) is 6.07 Å². The van der Waals surface area contributed by atoms with Gasteiger partial charge in [-0.15, -0.1) is 0 Å². The molecule has 2 aromatic carbocycles. The summed E-state index contributed by atoms with van der Waals surface area (Å²) >= 11 is 0. The number of primary amides is 1. The van der Waals surface area contributed by atoms with Gasteiger partial charge in [0, 0.05) is 11.3 Å². The molecule has 0 spiro atoms. The van der Waals surface area contributed by atoms with Gasteiger partial charge in [0.05, 0.1) is 17.2 Å². The molecule has 0 aliphatic rings. The van der Waals surface area contributed by atoms with E-state index in [2.05, 4.69) is 0 Å². The Morgan fingerprint density at radius 1 is 1.29 bits per heavy atom. The van der Waals surface area contributed by atoms with Crippen LogP contribution >= 0.6 is 0 Å². The lowest BCUT2D eigenvalue weighted by molar-refractivity contribution is 0.0996. The van der Waals surface area contributed by atoms with Gasteiger partial charge in [-0.2, -0.15) is 5.26 Å². The number of nitrogens with two attached hydrogens (primary N) is 2. The molecule has 0 fully saturated rings. The Hall–Kier alpha value is -3.07. The van der Waals surface area contributed by atoms with Gasteiger partial charge in [0.25, 0.3) is 5.91 Å². The topological polar surface area (TPSA) is 102 Å². The molecule has 106 valence electrons. The third-order valence-corrected chi connectivity index (χ3v) is 2.84. The van der Waals surface area contributed by atoms with Gasteiger partial charge in [-0.3, -0.25) is 4.79 Å². The zero-order chi connectivity index (χ0) is 15.4. The molecule has 2 aromatic rings. The van der Waals surface area contributed by atoms with E-state index in [4.69, 9.17) is 21.5 Å². The fourth-order valence-electron chi connectivity index (χ4n) is 1.81. The summed E-state index contributed by atoms with van der Waals surface area (Å²) in [6, 6.07) is 10.2. The van der Waals surface area contributed by atoms with Crippen LogP contribution in [0.1, 0.15) is 21.5 Å². The molecule has 0 saturated carbocycles. The average molecular weight is 285 g/mol. The Bertz CT molecular complexity index is 738. The first-order chi connectivity index (χ1) is 10.0. The molecule has 21 heavy (non-hydrogen) atoms. The molecule has 5 nitrogen and oxygen atoms in total. The molecule has 0 saturated heterocycles. The number of benzene rings is 2. The number of halogens is 1. The summed E-state index contributed by atoms with van der Waals surface area (Å²) in [5, 5.41) is 8.97. The highest BCUT2D eigenvalue weighted by Gasteiger charge is 2.11. The summed E-state index contributed by atoms with van der Waals surface area (Å²) in [4.78, 5) is 11.3. The zero-order valence-corrected chi connectivity index (χ0v) is 11.0. The van der Waals surface area contributed by atoms with E-state index in [0.717, 1.165) is 0 Å². The van der Waals surface area contributed by atoms with Crippen molar-refractivity contribution in [1.82, 2.24) is 0 Å². The van der Waals surface area contributed by atoms with Crippen LogP contribution in [0.2, 0.25) is 0 Å². The molecular formula is C15H12FN3O2. The number of carbonyl (C=O) groups excluding carboxylic acids is 1. The maximum absolute atomic E-state index is 13.2. The number of hydrogen-bond donors (Lipinski definition) is 2. The maximum Gasteiger partial charge on any atom is 0.252 e. The minimum Gasteiger partial charge on any atom is -0.488 e. The Labute approximate surface area is 120 Å². The van der Waals surface area contributed by atoms with Crippen molar-refractivity contribution < 1.29 is 13.9 Å². The molecule has 6 heteroatoms. The first-order valence-electron chi connectivity index (χ1n) is 6.02. The molecule has 0 unspecified atom stereocenters. The smallest absolute Gasteiger partial charge is 0.252 e. The molecule has 0 bridgehead atoms. The maximum atomic E-state index is 13.2. The summed E-state index contributed by atoms with van der Waals surface area (Å²) in [7, 11) is 0. The average Bonchev–Trinajstić information content (AvgIpc) is 2.46. The van der Waals surface area contributed by atoms with Gasteiger partial charge in [0.15, 0.2) is 0 Å². The first-order valence-corrected chi connectivity index (χ1v) is 6.02. The van der Waals surface area contributed by atoms with Gasteiger partial charge >= 0.3 is 0 Å². The number of hydrogen-bond acceptors (Lipinski definition) is 4. The zero-order valence-electron chi connectivity index (χ0n) is 11.0. The lowest BCUT2D eigenvalue weighted by Crippen LogP contribution is -2.13. The van der Waals surface area contributed by atoms with Crippen molar-refractivity contribution in [3.63, 3.8) is 0 Å². The monoisotopic (exact) mass is 285 g/mol. The van der Waals surface area contributed by atoms with Crippen molar-refractivity contribution in [2.24, 2.45) is 5.73 Å². The summed E-state index contributed by atoms with van der Waals surface area (Å²) in [5.74, 6) is -0.929. The predicted molar refractivity (Wildman–Crippen MR) is 74.8 cm³/mol. The molecule has 1 amide bonds. The van der Waals surface area contributed by atoms with Crippen LogP contribution in [0.3, 0.4) is 0 Å². The van der Waals surface area contributed by atoms with E-state index in [1.807, 2.05) is 6.07 Å². The van der Waals surface area contributed by atoms with E-state index in [0.29, 0.717) is 16.8 Å². The Morgan fingerprint density at radius 3 is 2.71 bits per heavy atom. The van der Waals surface area contributed by atoms with Crippen molar-refractivity contribution in [3.05, 3.63) is 58.9 Å². The molecule has 0 aliphatic heterocycles. The van der Waals surface area contributed by atoms with Crippen LogP contribution in [0.4, 0.5) is 10.1 Å². The minimum absolute atomic E-state index is 0.0646. The van der Waals surface area contributed by atoms with E-state index < -0.39 is 11.7 Å². The van der Waals surface area contributed by atoms with Crippen molar-refractivity contribution in [2.45, 2.75) is 6.61 Å². The summed E-state index contributed by atoms with van der Waals surface area (Å²) < 4.78 is 18.7. The standard InChI is InChI=1S/C15H12FN3O2/c16-11-2-1-9(7-17)10(5-11)8-21-14-4-3-12(18)6-13(14)15(19)20/h1-6H,8,18H2,(H2,19,20). The summed E-state index contributed by atoms with van der Waals surface area (Å²) in [6.07, 6.45) is 0. The fraction of sp³-hybridized carbons (Fsp3) is 0.0667. The number of carbonyl (C=O) groups is 1. The Balaban J connectivity index is 2.27. The molecular weight excluding hydrogens is 273 g/mol.